The first-order valence-electron chi connectivity index (χ1n) is 7.06. The normalized spacial score (nSPS) is 33.0. The summed E-state index contributed by atoms with van der Waals surface area (Å²) in [5, 5.41) is 40.9. The minimum atomic E-state index is -1.83. The maximum Gasteiger partial charge on any atom is 0.269 e. The summed E-state index contributed by atoms with van der Waals surface area (Å²) in [4.78, 5) is 21.6. The van der Waals surface area contributed by atoms with E-state index in [9.17, 15) is 30.2 Å². The van der Waals surface area contributed by atoms with Crippen LogP contribution in [0.25, 0.3) is 0 Å². The maximum atomic E-state index is 11.4. The van der Waals surface area contributed by atoms with E-state index in [-0.39, 0.29) is 11.3 Å². The molecule has 10 heteroatoms. The molecule has 4 N–H and O–H groups in total. The maximum absolute atomic E-state index is 11.4. The molecule has 0 bridgehead atoms. The van der Waals surface area contributed by atoms with Gasteiger partial charge in [0.25, 0.3) is 5.69 Å². The highest BCUT2D eigenvalue weighted by atomic mass is 35.5. The van der Waals surface area contributed by atoms with Gasteiger partial charge >= 0.3 is 0 Å². The van der Waals surface area contributed by atoms with Gasteiger partial charge in [0, 0.05) is 24.6 Å². The van der Waals surface area contributed by atoms with Gasteiger partial charge in [-0.3, -0.25) is 14.9 Å². The highest BCUT2D eigenvalue weighted by Gasteiger charge is 2.54. The number of amides is 1. The molecule has 1 aliphatic heterocycles. The quantitative estimate of drug-likeness (QED) is 0.325. The Labute approximate surface area is 142 Å². The Balaban J connectivity index is 2.46. The smallest absolute Gasteiger partial charge is 0.269 e. The van der Waals surface area contributed by atoms with Crippen LogP contribution >= 0.6 is 11.6 Å². The molecule has 1 heterocycles. The molecule has 0 aromatic heterocycles. The van der Waals surface area contributed by atoms with E-state index in [2.05, 4.69) is 5.32 Å². The first-order chi connectivity index (χ1) is 11.2. The number of rotatable bonds is 4. The summed E-state index contributed by atoms with van der Waals surface area (Å²) in [7, 11) is 0. The molecule has 1 aromatic carbocycles. The molecule has 1 aliphatic rings. The molecular formula is C14H17ClN2O7. The first-order valence-corrected chi connectivity index (χ1v) is 7.44. The van der Waals surface area contributed by atoms with Crippen molar-refractivity contribution in [2.75, 3.05) is 6.61 Å². The Kier molecular flexibility index (Phi) is 5.41. The lowest BCUT2D eigenvalue weighted by molar-refractivity contribution is -0.384. The zero-order valence-electron chi connectivity index (χ0n) is 12.6. The molecule has 132 valence electrons. The third-order valence-electron chi connectivity index (χ3n) is 3.81. The molecule has 5 atom stereocenters. The number of nitro benzene ring substituents is 1. The Bertz CT molecular complexity index is 626. The summed E-state index contributed by atoms with van der Waals surface area (Å²) >= 11 is 6.49. The van der Waals surface area contributed by atoms with Gasteiger partial charge < -0.3 is 25.4 Å². The highest BCUT2D eigenvalue weighted by molar-refractivity contribution is 6.23. The Morgan fingerprint density at radius 1 is 1.38 bits per heavy atom. The van der Waals surface area contributed by atoms with E-state index in [0.29, 0.717) is 0 Å². The Hall–Kier alpha value is -1.78. The molecule has 1 fully saturated rings. The summed E-state index contributed by atoms with van der Waals surface area (Å²) in [6.07, 6.45) is -4.19. The van der Waals surface area contributed by atoms with Crippen molar-refractivity contribution in [2.45, 2.75) is 36.3 Å². The lowest BCUT2D eigenvalue weighted by atomic mass is 9.88. The van der Waals surface area contributed by atoms with Gasteiger partial charge in [0.05, 0.1) is 11.5 Å². The number of nitro groups is 1. The van der Waals surface area contributed by atoms with E-state index in [1.807, 2.05) is 0 Å². The van der Waals surface area contributed by atoms with Crippen molar-refractivity contribution in [3.63, 3.8) is 0 Å². The molecular weight excluding hydrogens is 344 g/mol. The average molecular weight is 361 g/mol. The second-order valence-electron chi connectivity index (χ2n) is 5.45. The molecule has 1 amide bonds. The predicted molar refractivity (Wildman–Crippen MR) is 82.2 cm³/mol. The van der Waals surface area contributed by atoms with Crippen LogP contribution in [0.2, 0.25) is 0 Å². The predicted octanol–water partition coefficient (Wildman–Crippen LogP) is -0.396. The van der Waals surface area contributed by atoms with E-state index in [1.165, 1.54) is 31.2 Å². The second kappa shape index (κ2) is 6.99. The van der Waals surface area contributed by atoms with Gasteiger partial charge in [-0.05, 0) is 12.1 Å². The monoisotopic (exact) mass is 360 g/mol. The molecule has 0 aliphatic carbocycles. The van der Waals surface area contributed by atoms with Crippen molar-refractivity contribution in [2.24, 2.45) is 0 Å². The average Bonchev–Trinajstić information content (AvgIpc) is 2.55. The lowest BCUT2D eigenvalue weighted by Crippen LogP contribution is -2.66. The summed E-state index contributed by atoms with van der Waals surface area (Å²) in [6.45, 7) is 0.580. The van der Waals surface area contributed by atoms with Crippen LogP contribution in [-0.2, 0) is 14.6 Å². The molecule has 24 heavy (non-hydrogen) atoms. The number of hydrogen-bond acceptors (Lipinski definition) is 7. The summed E-state index contributed by atoms with van der Waals surface area (Å²) < 4.78 is 5.53. The van der Waals surface area contributed by atoms with Crippen LogP contribution in [-0.4, -0.2) is 57.1 Å². The minimum absolute atomic E-state index is 0.176. The molecule has 0 unspecified atom stereocenters. The van der Waals surface area contributed by atoms with Crippen molar-refractivity contribution >= 4 is 23.2 Å². The number of non-ortho nitro benzene ring substituents is 1. The Morgan fingerprint density at radius 3 is 2.42 bits per heavy atom. The van der Waals surface area contributed by atoms with Gasteiger partial charge in [0.2, 0.25) is 5.91 Å². The molecule has 9 nitrogen and oxygen atoms in total. The number of carbonyl (C=O) groups excluding carboxylic acids is 1. The number of aliphatic hydroxyl groups excluding tert-OH is 3. The van der Waals surface area contributed by atoms with E-state index in [4.69, 9.17) is 16.3 Å². The number of ether oxygens (including phenoxy) is 1. The molecule has 0 saturated carbocycles. The molecule has 2 rings (SSSR count). The number of benzene rings is 1. The first kappa shape index (κ1) is 18.6. The fraction of sp³-hybridized carbons (Fsp3) is 0.500. The van der Waals surface area contributed by atoms with Crippen LogP contribution < -0.4 is 5.32 Å². The molecule has 0 radical (unpaired) electrons. The van der Waals surface area contributed by atoms with Crippen LogP contribution in [0.1, 0.15) is 12.5 Å². The summed E-state index contributed by atoms with van der Waals surface area (Å²) in [5.74, 6) is -0.524. The third-order valence-corrected chi connectivity index (χ3v) is 4.35. The van der Waals surface area contributed by atoms with Crippen molar-refractivity contribution in [3.8, 4) is 0 Å². The summed E-state index contributed by atoms with van der Waals surface area (Å²) in [5.41, 5.74) is 0.0445. The summed E-state index contributed by atoms with van der Waals surface area (Å²) in [6, 6.07) is 3.78. The van der Waals surface area contributed by atoms with Gasteiger partial charge in [0.15, 0.2) is 5.06 Å². The van der Waals surface area contributed by atoms with Crippen molar-refractivity contribution in [3.05, 3.63) is 39.9 Å². The van der Waals surface area contributed by atoms with Crippen LogP contribution in [0, 0.1) is 10.1 Å². The van der Waals surface area contributed by atoms with Crippen LogP contribution in [0.5, 0.6) is 0 Å². The van der Waals surface area contributed by atoms with Gasteiger partial charge in [-0.15, -0.1) is 0 Å². The van der Waals surface area contributed by atoms with Crippen LogP contribution in [0.4, 0.5) is 5.69 Å². The fourth-order valence-electron chi connectivity index (χ4n) is 2.60. The number of aliphatic hydroxyl groups is 3. The van der Waals surface area contributed by atoms with Gasteiger partial charge in [0.1, 0.15) is 24.4 Å². The van der Waals surface area contributed by atoms with Crippen molar-refractivity contribution in [1.29, 1.82) is 0 Å². The van der Waals surface area contributed by atoms with Crippen molar-refractivity contribution < 1.29 is 29.8 Å². The Morgan fingerprint density at radius 2 is 1.96 bits per heavy atom. The number of carbonyl (C=O) groups is 1. The standard InChI is InChI=1S/C14H17ClN2O7/c1-7(19)16-13-12(21)11(20)10(6-18)24-14(13,15)8-2-4-9(5-3-8)17(22)23/h2-5,10-13,18,20-21H,6H2,1H3,(H,16,19)/t10-,11-,12+,13-,14-/m1/s1. The topological polar surface area (TPSA) is 142 Å². The zero-order valence-corrected chi connectivity index (χ0v) is 13.4. The van der Waals surface area contributed by atoms with E-state index >= 15 is 0 Å². The largest absolute Gasteiger partial charge is 0.394 e. The number of nitrogens with one attached hydrogen (secondary N) is 1. The van der Waals surface area contributed by atoms with Crippen LogP contribution in [0.15, 0.2) is 24.3 Å². The van der Waals surface area contributed by atoms with Gasteiger partial charge in [-0.25, -0.2) is 0 Å². The molecule has 0 spiro atoms. The zero-order chi connectivity index (χ0) is 18.1. The number of alkyl halides is 1. The number of nitrogens with zero attached hydrogens (tertiary/aromatic N) is 1. The lowest BCUT2D eigenvalue weighted by Gasteiger charge is -2.47. The van der Waals surface area contributed by atoms with Gasteiger partial charge in [-0.1, -0.05) is 11.6 Å². The number of halogens is 1. The second-order valence-corrected chi connectivity index (χ2v) is 6.01. The van der Waals surface area contributed by atoms with Crippen LogP contribution in [0.3, 0.4) is 0 Å². The van der Waals surface area contributed by atoms with E-state index in [1.54, 1.807) is 0 Å². The molecule has 1 aromatic rings. The van der Waals surface area contributed by atoms with Crippen molar-refractivity contribution in [1.82, 2.24) is 5.32 Å². The number of hydrogen-bond donors (Lipinski definition) is 4. The third kappa shape index (κ3) is 3.35. The molecule has 1 saturated heterocycles. The van der Waals surface area contributed by atoms with E-state index in [0.717, 1.165) is 0 Å². The minimum Gasteiger partial charge on any atom is -0.394 e. The van der Waals surface area contributed by atoms with E-state index < -0.39 is 46.9 Å². The SMILES string of the molecule is CC(=O)N[C@@H]1[C@@H](O)[C@H](O)[C@@H](CO)O[C@]1(Cl)c1ccc([N+](=O)[O-])cc1. The fourth-order valence-corrected chi connectivity index (χ4v) is 3.02. The highest BCUT2D eigenvalue weighted by Crippen LogP contribution is 2.42. The van der Waals surface area contributed by atoms with Gasteiger partial charge in [-0.2, -0.15) is 0 Å².